The molecule has 22 heavy (non-hydrogen) atoms. The number of rotatable bonds is 1. The molecule has 2 heterocycles. The Hall–Kier alpha value is -2.08. The van der Waals surface area contributed by atoms with Crippen molar-refractivity contribution in [2.45, 2.75) is 13.3 Å². The van der Waals surface area contributed by atoms with E-state index >= 15 is 0 Å². The molecule has 0 saturated heterocycles. The molecule has 0 bridgehead atoms. The lowest BCUT2D eigenvalue weighted by atomic mass is 10.2. The van der Waals surface area contributed by atoms with Gasteiger partial charge in [-0.1, -0.05) is 37.0 Å². The van der Waals surface area contributed by atoms with Crippen molar-refractivity contribution < 1.29 is 0 Å². The van der Waals surface area contributed by atoms with E-state index in [1.54, 1.807) is 11.3 Å². The van der Waals surface area contributed by atoms with Crippen molar-refractivity contribution in [3.8, 4) is 11.8 Å². The predicted molar refractivity (Wildman–Crippen MR) is 99.0 cm³/mol. The Kier molecular flexibility index (Phi) is 3.46. The van der Waals surface area contributed by atoms with Gasteiger partial charge in [-0.15, -0.1) is 22.7 Å². The first-order chi connectivity index (χ1) is 10.8. The third-order valence-corrected chi connectivity index (χ3v) is 5.91. The first-order valence-electron chi connectivity index (χ1n) is 7.35. The first kappa shape index (κ1) is 13.6. The molecule has 2 heteroatoms. The predicted octanol–water partition coefficient (Wildman–Crippen LogP) is 6.08. The van der Waals surface area contributed by atoms with Crippen molar-refractivity contribution in [1.82, 2.24) is 0 Å². The van der Waals surface area contributed by atoms with Gasteiger partial charge in [-0.25, -0.2) is 0 Å². The van der Waals surface area contributed by atoms with Gasteiger partial charge in [-0.05, 0) is 53.6 Å². The van der Waals surface area contributed by atoms with Crippen LogP contribution in [0.2, 0.25) is 0 Å². The fourth-order valence-electron chi connectivity index (χ4n) is 2.52. The van der Waals surface area contributed by atoms with Crippen LogP contribution in [0.4, 0.5) is 0 Å². The van der Waals surface area contributed by atoms with Gasteiger partial charge in [0.1, 0.15) is 0 Å². The van der Waals surface area contributed by atoms with Crippen LogP contribution in [0.25, 0.3) is 20.2 Å². The van der Waals surface area contributed by atoms with Gasteiger partial charge in [0, 0.05) is 19.8 Å². The molecule has 0 aliphatic heterocycles. The summed E-state index contributed by atoms with van der Waals surface area (Å²) >= 11 is 3.68. The van der Waals surface area contributed by atoms with Crippen LogP contribution in [-0.4, -0.2) is 0 Å². The molecule has 2 aromatic carbocycles. The number of fused-ring (bicyclic) bond motifs is 2. The summed E-state index contributed by atoms with van der Waals surface area (Å²) in [6.07, 6.45) is 1.11. The van der Waals surface area contributed by atoms with E-state index in [0.29, 0.717) is 0 Å². The highest BCUT2D eigenvalue weighted by Gasteiger charge is 2.05. The van der Waals surface area contributed by atoms with Gasteiger partial charge in [-0.3, -0.25) is 0 Å². The minimum Gasteiger partial charge on any atom is -0.140 e. The molecule has 0 aliphatic carbocycles. The molecular weight excluding hydrogens is 304 g/mol. The number of thiophene rings is 2. The molecule has 0 N–H and O–H groups in total. The molecule has 0 aliphatic rings. The molecular formula is C20H14S2. The van der Waals surface area contributed by atoms with E-state index in [1.807, 2.05) is 41.7 Å². The van der Waals surface area contributed by atoms with Gasteiger partial charge in [0.15, 0.2) is 0 Å². The monoisotopic (exact) mass is 318 g/mol. The molecule has 0 radical (unpaired) electrons. The van der Waals surface area contributed by atoms with Gasteiger partial charge < -0.3 is 0 Å². The number of benzene rings is 2. The van der Waals surface area contributed by atoms with Crippen LogP contribution in [0.1, 0.15) is 22.2 Å². The van der Waals surface area contributed by atoms with Crippen molar-refractivity contribution in [3.05, 3.63) is 69.9 Å². The van der Waals surface area contributed by atoms with Crippen molar-refractivity contribution in [3.63, 3.8) is 0 Å². The van der Waals surface area contributed by atoms with Crippen LogP contribution in [0.15, 0.2) is 54.6 Å². The summed E-state index contributed by atoms with van der Waals surface area (Å²) in [6.45, 7) is 2.21. The Bertz CT molecular complexity index is 957. The maximum atomic E-state index is 3.29. The van der Waals surface area contributed by atoms with Crippen LogP contribution in [-0.2, 0) is 6.42 Å². The molecule has 2 aromatic heterocycles. The third-order valence-electron chi connectivity index (χ3n) is 3.66. The van der Waals surface area contributed by atoms with Crippen molar-refractivity contribution in [2.24, 2.45) is 0 Å². The zero-order valence-corrected chi connectivity index (χ0v) is 13.9. The molecule has 106 valence electrons. The van der Waals surface area contributed by atoms with Crippen LogP contribution >= 0.6 is 22.7 Å². The highest BCUT2D eigenvalue weighted by Crippen LogP contribution is 2.34. The molecule has 0 atom stereocenters. The molecule has 0 amide bonds. The van der Waals surface area contributed by atoms with E-state index in [2.05, 4.69) is 43.0 Å². The normalized spacial score (nSPS) is 10.8. The Morgan fingerprint density at radius 2 is 1.55 bits per heavy atom. The zero-order chi connectivity index (χ0) is 14.9. The summed E-state index contributed by atoms with van der Waals surface area (Å²) in [5.41, 5.74) is 1.06. The summed E-state index contributed by atoms with van der Waals surface area (Å²) in [5.74, 6) is 6.53. The number of hydrogen-bond donors (Lipinski definition) is 0. The van der Waals surface area contributed by atoms with Crippen LogP contribution in [0.5, 0.6) is 0 Å². The smallest absolute Gasteiger partial charge is 0.0784 e. The minimum absolute atomic E-state index is 1.06. The molecule has 4 aromatic rings. The second-order valence-electron chi connectivity index (χ2n) is 5.22. The highest BCUT2D eigenvalue weighted by atomic mass is 32.1. The average molecular weight is 318 g/mol. The lowest BCUT2D eigenvalue weighted by Crippen LogP contribution is -1.70. The Morgan fingerprint density at radius 1 is 0.818 bits per heavy atom. The largest absolute Gasteiger partial charge is 0.140 e. The summed E-state index contributed by atoms with van der Waals surface area (Å²) in [6, 6.07) is 19.3. The van der Waals surface area contributed by atoms with Gasteiger partial charge >= 0.3 is 0 Å². The summed E-state index contributed by atoms with van der Waals surface area (Å²) in [7, 11) is 0. The lowest BCUT2D eigenvalue weighted by Gasteiger charge is -1.89. The van der Waals surface area contributed by atoms with Crippen LogP contribution < -0.4 is 0 Å². The number of hydrogen-bond acceptors (Lipinski definition) is 2. The quantitative estimate of drug-likeness (QED) is 0.373. The van der Waals surface area contributed by atoms with E-state index < -0.39 is 0 Å². The Morgan fingerprint density at radius 3 is 2.32 bits per heavy atom. The van der Waals surface area contributed by atoms with Crippen LogP contribution in [0.3, 0.4) is 0 Å². The Labute approximate surface area is 138 Å². The van der Waals surface area contributed by atoms with Crippen LogP contribution in [0, 0.1) is 11.8 Å². The van der Waals surface area contributed by atoms with E-state index in [4.69, 9.17) is 0 Å². The maximum Gasteiger partial charge on any atom is 0.0784 e. The standard InChI is InChI=1S/C20H14S2/c1-2-17-10-15-12-20-16(13-19(15)21-17)11-18(22-20)9-8-14-6-4-3-5-7-14/h3-7,10-13H,2H2,1H3. The molecule has 0 nitrogen and oxygen atoms in total. The van der Waals surface area contributed by atoms with Gasteiger partial charge in [0.05, 0.1) is 4.88 Å². The second kappa shape index (κ2) is 5.61. The Balaban J connectivity index is 1.76. The number of aryl methyl sites for hydroxylation is 1. The van der Waals surface area contributed by atoms with E-state index in [1.165, 1.54) is 25.0 Å². The topological polar surface area (TPSA) is 0 Å². The summed E-state index contributed by atoms with van der Waals surface area (Å²) < 4.78 is 2.70. The van der Waals surface area contributed by atoms with Gasteiger partial charge in [-0.2, -0.15) is 0 Å². The third kappa shape index (κ3) is 2.54. The molecule has 0 spiro atoms. The van der Waals surface area contributed by atoms with Crippen molar-refractivity contribution >= 4 is 42.8 Å². The summed E-state index contributed by atoms with van der Waals surface area (Å²) in [4.78, 5) is 2.59. The first-order valence-corrected chi connectivity index (χ1v) is 8.98. The lowest BCUT2D eigenvalue weighted by molar-refractivity contribution is 1.19. The summed E-state index contributed by atoms with van der Waals surface area (Å²) in [5, 5.41) is 2.66. The fraction of sp³-hybridized carbons (Fsp3) is 0.100. The maximum absolute atomic E-state index is 3.29. The van der Waals surface area contributed by atoms with Gasteiger partial charge in [0.2, 0.25) is 0 Å². The molecule has 0 saturated carbocycles. The van der Waals surface area contributed by atoms with Crippen molar-refractivity contribution in [2.75, 3.05) is 0 Å². The zero-order valence-electron chi connectivity index (χ0n) is 12.2. The van der Waals surface area contributed by atoms with E-state index in [-0.39, 0.29) is 0 Å². The van der Waals surface area contributed by atoms with Gasteiger partial charge in [0.25, 0.3) is 0 Å². The fourth-order valence-corrected chi connectivity index (χ4v) is 4.50. The average Bonchev–Trinajstić information content (AvgIpc) is 3.13. The highest BCUT2D eigenvalue weighted by molar-refractivity contribution is 7.21. The second-order valence-corrected chi connectivity index (χ2v) is 7.47. The minimum atomic E-state index is 1.06. The molecule has 4 rings (SSSR count). The van der Waals surface area contributed by atoms with E-state index in [0.717, 1.165) is 16.9 Å². The van der Waals surface area contributed by atoms with E-state index in [9.17, 15) is 0 Å². The molecule has 0 fully saturated rings. The van der Waals surface area contributed by atoms with Crippen molar-refractivity contribution in [1.29, 1.82) is 0 Å². The SMILES string of the molecule is CCc1cc2cc3sc(C#Cc4ccccc4)cc3cc2s1. The molecule has 0 unspecified atom stereocenters.